The van der Waals surface area contributed by atoms with Crippen LogP contribution in [0.1, 0.15) is 30.0 Å². The van der Waals surface area contributed by atoms with Crippen molar-refractivity contribution in [3.05, 3.63) is 113 Å². The molecule has 0 spiro atoms. The highest BCUT2D eigenvalue weighted by molar-refractivity contribution is 5.90. The van der Waals surface area contributed by atoms with Crippen LogP contribution in [0.3, 0.4) is 0 Å². The molecule has 8 rings (SSSR count). The molecular weight excluding hydrogens is 520 g/mol. The fourth-order valence-corrected chi connectivity index (χ4v) is 6.46. The van der Waals surface area contributed by atoms with Crippen LogP contribution in [0.25, 0.3) is 44.6 Å². The molecule has 0 unspecified atom stereocenters. The Morgan fingerprint density at radius 1 is 0.786 bits per heavy atom. The normalized spacial score (nSPS) is 15.5. The SMILES string of the molecule is O=c1[nH]c2ccccc2n1C1CCN(Cc2ccc(-c3nc4cc5c(cc4nc3-c3ccccc3)N=CC5)cc2)CC1. The van der Waals surface area contributed by atoms with E-state index in [1.165, 1.54) is 11.1 Å². The van der Waals surface area contributed by atoms with E-state index >= 15 is 0 Å². The Kier molecular flexibility index (Phi) is 6.04. The lowest BCUT2D eigenvalue weighted by atomic mass is 10.0. The second-order valence-electron chi connectivity index (χ2n) is 11.3. The van der Waals surface area contributed by atoms with E-state index in [1.54, 1.807) is 0 Å². The summed E-state index contributed by atoms with van der Waals surface area (Å²) in [6.45, 7) is 2.80. The summed E-state index contributed by atoms with van der Waals surface area (Å²) >= 11 is 0. The standard InChI is InChI=1S/C35H30N6O/c42-35-39-28-8-4-5-9-32(28)41(35)27-15-18-40(19-16-27)22-23-10-12-25(13-11-23)34-33(24-6-2-1-3-7-24)38-31-21-29-26(14-17-36-29)20-30(31)37-34/h1-13,17,20-21,27H,14-16,18-19,22H2,(H,39,42). The molecule has 2 aliphatic rings. The molecule has 4 heterocycles. The highest BCUT2D eigenvalue weighted by Gasteiger charge is 2.24. The summed E-state index contributed by atoms with van der Waals surface area (Å²) in [4.78, 5) is 32.9. The Balaban J connectivity index is 1.04. The smallest absolute Gasteiger partial charge is 0.306 e. The fraction of sp³-hybridized carbons (Fsp3) is 0.200. The van der Waals surface area contributed by atoms with Crippen LogP contribution in [0.4, 0.5) is 5.69 Å². The van der Waals surface area contributed by atoms with Gasteiger partial charge in [-0.25, -0.2) is 14.8 Å². The van der Waals surface area contributed by atoms with Crippen molar-refractivity contribution >= 4 is 34.0 Å². The number of aliphatic imine (C=N–C) groups is 1. The van der Waals surface area contributed by atoms with Crippen LogP contribution in [0.15, 0.2) is 101 Å². The zero-order valence-electron chi connectivity index (χ0n) is 23.2. The van der Waals surface area contributed by atoms with Crippen molar-refractivity contribution in [3.8, 4) is 22.5 Å². The van der Waals surface area contributed by atoms with E-state index in [2.05, 4.69) is 63.4 Å². The molecule has 42 heavy (non-hydrogen) atoms. The summed E-state index contributed by atoms with van der Waals surface area (Å²) in [5, 5.41) is 0. The van der Waals surface area contributed by atoms with Crippen LogP contribution in [0.5, 0.6) is 0 Å². The van der Waals surface area contributed by atoms with Crippen molar-refractivity contribution in [2.45, 2.75) is 31.8 Å². The third-order valence-electron chi connectivity index (χ3n) is 8.63. The number of fused-ring (bicyclic) bond motifs is 3. The molecule has 7 heteroatoms. The van der Waals surface area contributed by atoms with Crippen LogP contribution in [-0.2, 0) is 13.0 Å². The first kappa shape index (κ1) is 24.9. The number of nitrogens with one attached hydrogen (secondary N) is 1. The van der Waals surface area contributed by atoms with Crippen LogP contribution < -0.4 is 5.69 Å². The molecule has 0 atom stereocenters. The number of likely N-dealkylation sites (tertiary alicyclic amines) is 1. The molecule has 1 N–H and O–H groups in total. The zero-order chi connectivity index (χ0) is 28.0. The molecule has 0 saturated carbocycles. The molecule has 0 radical (unpaired) electrons. The third-order valence-corrected chi connectivity index (χ3v) is 8.63. The van der Waals surface area contributed by atoms with Gasteiger partial charge in [0.05, 0.1) is 39.1 Å². The van der Waals surface area contributed by atoms with Crippen molar-refractivity contribution in [3.63, 3.8) is 0 Å². The van der Waals surface area contributed by atoms with Crippen LogP contribution in [0, 0.1) is 0 Å². The van der Waals surface area contributed by atoms with Crippen LogP contribution in [0.2, 0.25) is 0 Å². The Hall–Kier alpha value is -4.88. The van der Waals surface area contributed by atoms with Crippen molar-refractivity contribution in [1.82, 2.24) is 24.4 Å². The van der Waals surface area contributed by atoms with Crippen LogP contribution in [-0.4, -0.2) is 43.7 Å². The van der Waals surface area contributed by atoms with E-state index in [9.17, 15) is 4.79 Å². The van der Waals surface area contributed by atoms with Gasteiger partial charge in [0.1, 0.15) is 0 Å². The number of rotatable bonds is 5. The largest absolute Gasteiger partial charge is 0.326 e. The average Bonchev–Trinajstić information content (AvgIpc) is 3.63. The number of benzene rings is 4. The third kappa shape index (κ3) is 4.43. The maximum atomic E-state index is 12.7. The molecule has 7 nitrogen and oxygen atoms in total. The second-order valence-corrected chi connectivity index (χ2v) is 11.3. The van der Waals surface area contributed by atoms with Crippen LogP contribution >= 0.6 is 0 Å². The Morgan fingerprint density at radius 2 is 1.48 bits per heavy atom. The first-order valence-corrected chi connectivity index (χ1v) is 14.6. The summed E-state index contributed by atoms with van der Waals surface area (Å²) in [6.07, 6.45) is 4.71. The number of piperidine rings is 1. The number of para-hydroxylation sites is 2. The number of nitrogens with zero attached hydrogens (tertiary/aromatic N) is 5. The van der Waals surface area contributed by atoms with E-state index in [4.69, 9.17) is 9.97 Å². The van der Waals surface area contributed by atoms with Crippen molar-refractivity contribution in [2.24, 2.45) is 4.99 Å². The fourth-order valence-electron chi connectivity index (χ4n) is 6.46. The molecule has 2 aliphatic heterocycles. The molecule has 0 bridgehead atoms. The lowest BCUT2D eigenvalue weighted by Gasteiger charge is -2.32. The minimum absolute atomic E-state index is 0.00498. The van der Waals surface area contributed by atoms with E-state index < -0.39 is 0 Å². The number of aromatic amines is 1. The van der Waals surface area contributed by atoms with E-state index in [0.717, 1.165) is 89.2 Å². The minimum Gasteiger partial charge on any atom is -0.306 e. The molecular formula is C35H30N6O. The number of aromatic nitrogens is 4. The van der Waals surface area contributed by atoms with Gasteiger partial charge in [0, 0.05) is 49.4 Å². The summed E-state index contributed by atoms with van der Waals surface area (Å²) in [7, 11) is 0. The van der Waals surface area contributed by atoms with Gasteiger partial charge in [-0.05, 0) is 48.2 Å². The number of hydrogen-bond donors (Lipinski definition) is 1. The van der Waals surface area contributed by atoms with Crippen molar-refractivity contribution < 1.29 is 0 Å². The van der Waals surface area contributed by atoms with Gasteiger partial charge < -0.3 is 4.98 Å². The first-order chi connectivity index (χ1) is 20.7. The van der Waals surface area contributed by atoms with Gasteiger partial charge >= 0.3 is 5.69 Å². The van der Waals surface area contributed by atoms with Gasteiger partial charge in [-0.2, -0.15) is 0 Å². The number of H-pyrrole nitrogens is 1. The van der Waals surface area contributed by atoms with E-state index in [1.807, 2.05) is 53.2 Å². The quantitative estimate of drug-likeness (QED) is 0.259. The molecule has 0 aliphatic carbocycles. The topological polar surface area (TPSA) is 79.2 Å². The van der Waals surface area contributed by atoms with Gasteiger partial charge in [-0.15, -0.1) is 0 Å². The highest BCUT2D eigenvalue weighted by Crippen LogP contribution is 2.35. The van der Waals surface area contributed by atoms with E-state index in [-0.39, 0.29) is 11.7 Å². The summed E-state index contributed by atoms with van der Waals surface area (Å²) in [6, 6.07) is 31.4. The van der Waals surface area contributed by atoms with Gasteiger partial charge in [-0.1, -0.05) is 66.7 Å². The summed E-state index contributed by atoms with van der Waals surface area (Å²) in [5.41, 5.74) is 11.0. The monoisotopic (exact) mass is 550 g/mol. The molecule has 2 aromatic heterocycles. The predicted octanol–water partition coefficient (Wildman–Crippen LogP) is 6.70. The molecule has 1 saturated heterocycles. The summed E-state index contributed by atoms with van der Waals surface area (Å²) < 4.78 is 1.96. The zero-order valence-corrected chi connectivity index (χ0v) is 23.2. The molecule has 0 amide bonds. The molecule has 4 aromatic carbocycles. The maximum absolute atomic E-state index is 12.7. The average molecular weight is 551 g/mol. The van der Waals surface area contributed by atoms with Gasteiger partial charge in [0.15, 0.2) is 0 Å². The highest BCUT2D eigenvalue weighted by atomic mass is 16.1. The minimum atomic E-state index is -0.00498. The van der Waals surface area contributed by atoms with Crippen molar-refractivity contribution in [1.29, 1.82) is 0 Å². The molecule has 206 valence electrons. The Labute approximate surface area is 243 Å². The van der Waals surface area contributed by atoms with E-state index in [0.29, 0.717) is 0 Å². The maximum Gasteiger partial charge on any atom is 0.326 e. The Bertz CT molecular complexity index is 2020. The molecule has 6 aromatic rings. The first-order valence-electron chi connectivity index (χ1n) is 14.6. The second kappa shape index (κ2) is 10.2. The molecule has 1 fully saturated rings. The van der Waals surface area contributed by atoms with Gasteiger partial charge in [0.25, 0.3) is 0 Å². The Morgan fingerprint density at radius 3 is 2.26 bits per heavy atom. The van der Waals surface area contributed by atoms with Gasteiger partial charge in [-0.3, -0.25) is 14.5 Å². The lowest BCUT2D eigenvalue weighted by Crippen LogP contribution is -2.36. The van der Waals surface area contributed by atoms with Crippen molar-refractivity contribution in [2.75, 3.05) is 13.1 Å². The number of hydrogen-bond acceptors (Lipinski definition) is 5. The lowest BCUT2D eigenvalue weighted by molar-refractivity contribution is 0.180. The summed E-state index contributed by atoms with van der Waals surface area (Å²) in [5.74, 6) is 0. The predicted molar refractivity (Wildman–Crippen MR) is 168 cm³/mol. The van der Waals surface area contributed by atoms with Gasteiger partial charge in [0.2, 0.25) is 0 Å². The number of imidazole rings is 1.